The molecule has 7 heteroatoms. The predicted molar refractivity (Wildman–Crippen MR) is 82.5 cm³/mol. The number of nitrogens with one attached hydrogen (secondary N) is 2. The van der Waals surface area contributed by atoms with Gasteiger partial charge in [-0.15, -0.1) is 0 Å². The third kappa shape index (κ3) is 4.78. The minimum absolute atomic E-state index is 0.246. The summed E-state index contributed by atoms with van der Waals surface area (Å²) >= 11 is 0. The molecule has 2 rings (SSSR count). The van der Waals surface area contributed by atoms with Crippen LogP contribution in [0.5, 0.6) is 0 Å². The third-order valence-corrected chi connectivity index (χ3v) is 2.85. The highest BCUT2D eigenvalue weighted by molar-refractivity contribution is 5.92. The quantitative estimate of drug-likeness (QED) is 0.746. The number of ether oxygens (including phenoxy) is 1. The highest BCUT2D eigenvalue weighted by Gasteiger charge is 2.10. The number of aryl methyl sites for hydroxylation is 1. The van der Waals surface area contributed by atoms with Crippen LogP contribution in [0.25, 0.3) is 0 Å². The molecular formula is C15H19N5O2. The molecule has 0 atom stereocenters. The molecule has 7 nitrogen and oxygen atoms in total. The zero-order valence-electron chi connectivity index (χ0n) is 12.7. The van der Waals surface area contributed by atoms with E-state index >= 15 is 0 Å². The molecule has 0 radical (unpaired) electrons. The Bertz CT molecular complexity index is 619. The summed E-state index contributed by atoms with van der Waals surface area (Å²) in [5.74, 6) is 0.174. The fourth-order valence-electron chi connectivity index (χ4n) is 1.80. The first-order valence-corrected chi connectivity index (χ1v) is 6.94. The van der Waals surface area contributed by atoms with Gasteiger partial charge in [0.2, 0.25) is 5.95 Å². The summed E-state index contributed by atoms with van der Waals surface area (Å²) in [5, 5.41) is 5.83. The number of rotatable bonds is 7. The van der Waals surface area contributed by atoms with Crippen molar-refractivity contribution in [3.8, 4) is 0 Å². The van der Waals surface area contributed by atoms with E-state index in [1.807, 2.05) is 19.1 Å². The SMILES string of the molecule is COCCNc1nc(C)cc(C(=O)NCc2cccnc2)n1. The van der Waals surface area contributed by atoms with Gasteiger partial charge in [-0.1, -0.05) is 6.07 Å². The number of nitrogens with zero attached hydrogens (tertiary/aromatic N) is 3. The van der Waals surface area contributed by atoms with Gasteiger partial charge in [0.1, 0.15) is 5.69 Å². The summed E-state index contributed by atoms with van der Waals surface area (Å²) < 4.78 is 4.96. The normalized spacial score (nSPS) is 10.3. The van der Waals surface area contributed by atoms with E-state index in [1.54, 1.807) is 25.6 Å². The summed E-state index contributed by atoms with van der Waals surface area (Å²) in [6.07, 6.45) is 3.40. The smallest absolute Gasteiger partial charge is 0.270 e. The van der Waals surface area contributed by atoms with Crippen molar-refractivity contribution in [1.29, 1.82) is 0 Å². The Morgan fingerprint density at radius 1 is 1.36 bits per heavy atom. The molecule has 22 heavy (non-hydrogen) atoms. The average Bonchev–Trinajstić information content (AvgIpc) is 2.53. The predicted octanol–water partition coefficient (Wildman–Crippen LogP) is 1.17. The van der Waals surface area contributed by atoms with E-state index < -0.39 is 0 Å². The van der Waals surface area contributed by atoms with Crippen molar-refractivity contribution in [2.45, 2.75) is 13.5 Å². The second-order valence-electron chi connectivity index (χ2n) is 4.68. The van der Waals surface area contributed by atoms with Gasteiger partial charge in [-0.05, 0) is 24.6 Å². The van der Waals surface area contributed by atoms with E-state index in [0.29, 0.717) is 31.3 Å². The molecule has 116 valence electrons. The Kier molecular flexibility index (Phi) is 5.79. The molecule has 0 saturated heterocycles. The molecule has 0 aliphatic heterocycles. The summed E-state index contributed by atoms with van der Waals surface area (Å²) in [6.45, 7) is 3.35. The first-order valence-electron chi connectivity index (χ1n) is 6.94. The second kappa shape index (κ2) is 8.04. The van der Waals surface area contributed by atoms with E-state index in [9.17, 15) is 4.79 Å². The summed E-state index contributed by atoms with van der Waals surface area (Å²) in [5.41, 5.74) is 1.98. The van der Waals surface area contributed by atoms with Gasteiger partial charge in [0.05, 0.1) is 6.61 Å². The number of pyridine rings is 1. The van der Waals surface area contributed by atoms with E-state index in [4.69, 9.17) is 4.74 Å². The van der Waals surface area contributed by atoms with Crippen LogP contribution in [0.3, 0.4) is 0 Å². The van der Waals surface area contributed by atoms with Crippen LogP contribution in [-0.4, -0.2) is 41.1 Å². The lowest BCUT2D eigenvalue weighted by Gasteiger charge is -2.08. The zero-order chi connectivity index (χ0) is 15.8. The maximum Gasteiger partial charge on any atom is 0.270 e. The molecule has 0 fully saturated rings. The van der Waals surface area contributed by atoms with Gasteiger partial charge in [-0.3, -0.25) is 9.78 Å². The molecule has 2 aromatic rings. The number of carbonyl (C=O) groups excluding carboxylic acids is 1. The van der Waals surface area contributed by atoms with Crippen LogP contribution in [0.4, 0.5) is 5.95 Å². The van der Waals surface area contributed by atoms with E-state index in [0.717, 1.165) is 11.3 Å². The van der Waals surface area contributed by atoms with Crippen LogP contribution in [-0.2, 0) is 11.3 Å². The highest BCUT2D eigenvalue weighted by Crippen LogP contribution is 2.05. The lowest BCUT2D eigenvalue weighted by molar-refractivity contribution is 0.0945. The number of hydrogen-bond acceptors (Lipinski definition) is 6. The molecule has 0 saturated carbocycles. The Morgan fingerprint density at radius 3 is 2.95 bits per heavy atom. The van der Waals surface area contributed by atoms with Gasteiger partial charge >= 0.3 is 0 Å². The van der Waals surface area contributed by atoms with E-state index in [2.05, 4.69) is 25.6 Å². The van der Waals surface area contributed by atoms with E-state index in [1.165, 1.54) is 0 Å². The summed E-state index contributed by atoms with van der Waals surface area (Å²) in [7, 11) is 1.62. The lowest BCUT2D eigenvalue weighted by Crippen LogP contribution is -2.25. The topological polar surface area (TPSA) is 89.0 Å². The maximum absolute atomic E-state index is 12.2. The molecule has 0 aliphatic rings. The molecule has 2 aromatic heterocycles. The first-order chi connectivity index (χ1) is 10.7. The number of hydrogen-bond donors (Lipinski definition) is 2. The van der Waals surface area contributed by atoms with Crippen LogP contribution in [0.15, 0.2) is 30.6 Å². The van der Waals surface area contributed by atoms with Crippen molar-refractivity contribution in [3.05, 3.63) is 47.5 Å². The Hall–Kier alpha value is -2.54. The Labute approximate surface area is 129 Å². The largest absolute Gasteiger partial charge is 0.383 e. The minimum atomic E-state index is -0.246. The van der Waals surface area contributed by atoms with Crippen LogP contribution in [0, 0.1) is 6.92 Å². The van der Waals surface area contributed by atoms with Crippen LogP contribution >= 0.6 is 0 Å². The fraction of sp³-hybridized carbons (Fsp3) is 0.333. The number of anilines is 1. The summed E-state index contributed by atoms with van der Waals surface area (Å²) in [4.78, 5) is 24.6. The van der Waals surface area contributed by atoms with Crippen molar-refractivity contribution in [3.63, 3.8) is 0 Å². The highest BCUT2D eigenvalue weighted by atomic mass is 16.5. The van der Waals surface area contributed by atoms with Gasteiger partial charge in [0, 0.05) is 38.3 Å². The van der Waals surface area contributed by atoms with Gasteiger partial charge in [0.25, 0.3) is 5.91 Å². The van der Waals surface area contributed by atoms with E-state index in [-0.39, 0.29) is 5.91 Å². The molecular weight excluding hydrogens is 282 g/mol. The Morgan fingerprint density at radius 2 is 2.23 bits per heavy atom. The number of carbonyl (C=O) groups is 1. The molecule has 0 aromatic carbocycles. The lowest BCUT2D eigenvalue weighted by atomic mass is 10.2. The standard InChI is InChI=1S/C15H19N5O2/c1-11-8-13(20-15(19-11)17-6-7-22-2)14(21)18-10-12-4-3-5-16-9-12/h3-5,8-9H,6-7,10H2,1-2H3,(H,18,21)(H,17,19,20). The monoisotopic (exact) mass is 301 g/mol. The molecule has 1 amide bonds. The van der Waals surface area contributed by atoms with Gasteiger partial charge in [-0.25, -0.2) is 9.97 Å². The minimum Gasteiger partial charge on any atom is -0.383 e. The average molecular weight is 301 g/mol. The van der Waals surface area contributed by atoms with Crippen LogP contribution in [0.1, 0.15) is 21.7 Å². The number of methoxy groups -OCH3 is 1. The molecule has 0 aliphatic carbocycles. The fourth-order valence-corrected chi connectivity index (χ4v) is 1.80. The molecule has 2 N–H and O–H groups in total. The van der Waals surface area contributed by atoms with Crippen molar-refractivity contribution in [2.75, 3.05) is 25.6 Å². The van der Waals surface area contributed by atoms with Gasteiger partial charge in [-0.2, -0.15) is 0 Å². The first kappa shape index (κ1) is 15.8. The molecule has 0 bridgehead atoms. The Balaban J connectivity index is 1.99. The summed E-state index contributed by atoms with van der Waals surface area (Å²) in [6, 6.07) is 5.38. The van der Waals surface area contributed by atoms with Crippen LogP contribution < -0.4 is 10.6 Å². The molecule has 2 heterocycles. The maximum atomic E-state index is 12.2. The van der Waals surface area contributed by atoms with Gasteiger partial charge < -0.3 is 15.4 Å². The van der Waals surface area contributed by atoms with Crippen LogP contribution in [0.2, 0.25) is 0 Å². The number of aromatic nitrogens is 3. The number of amides is 1. The van der Waals surface area contributed by atoms with Crippen molar-refractivity contribution < 1.29 is 9.53 Å². The van der Waals surface area contributed by atoms with Gasteiger partial charge in [0.15, 0.2) is 0 Å². The van der Waals surface area contributed by atoms with Crippen molar-refractivity contribution in [1.82, 2.24) is 20.3 Å². The van der Waals surface area contributed by atoms with Crippen molar-refractivity contribution in [2.24, 2.45) is 0 Å². The molecule has 0 spiro atoms. The third-order valence-electron chi connectivity index (χ3n) is 2.85. The zero-order valence-corrected chi connectivity index (χ0v) is 12.7. The van der Waals surface area contributed by atoms with Crippen molar-refractivity contribution >= 4 is 11.9 Å². The molecule has 0 unspecified atom stereocenters. The second-order valence-corrected chi connectivity index (χ2v) is 4.68.